The van der Waals surface area contributed by atoms with Gasteiger partial charge in [-0.15, -0.1) is 5.10 Å². The van der Waals surface area contributed by atoms with Gasteiger partial charge in [-0.05, 0) is 48.6 Å². The van der Waals surface area contributed by atoms with Crippen LogP contribution in [-0.4, -0.2) is 27.8 Å². The second-order valence-corrected chi connectivity index (χ2v) is 6.56. The molecule has 6 heteroatoms. The minimum absolute atomic E-state index is 0.413. The van der Waals surface area contributed by atoms with Crippen LogP contribution in [-0.2, 0) is 4.74 Å². The first-order valence-electron chi connectivity index (χ1n) is 7.40. The van der Waals surface area contributed by atoms with Gasteiger partial charge in [0.1, 0.15) is 0 Å². The van der Waals surface area contributed by atoms with Crippen molar-refractivity contribution >= 4 is 32.9 Å². The zero-order valence-electron chi connectivity index (χ0n) is 12.5. The molecule has 0 spiro atoms. The van der Waals surface area contributed by atoms with E-state index in [-0.39, 0.29) is 0 Å². The maximum atomic E-state index is 12.3. The van der Waals surface area contributed by atoms with Gasteiger partial charge in [-0.2, -0.15) is 0 Å². The molecule has 4 rings (SSSR count). The Labute approximate surface area is 141 Å². The molecule has 1 aliphatic rings. The Morgan fingerprint density at radius 1 is 1.35 bits per heavy atom. The molecule has 1 aromatic carbocycles. The third-order valence-electron chi connectivity index (χ3n) is 4.03. The molecule has 0 unspecified atom stereocenters. The van der Waals surface area contributed by atoms with Crippen molar-refractivity contribution in [3.8, 4) is 5.69 Å². The molecule has 1 fully saturated rings. The number of fused-ring (bicyclic) bond motifs is 1. The number of benzene rings is 1. The number of methoxy groups -OCH3 is 1. The van der Waals surface area contributed by atoms with E-state index in [1.165, 1.54) is 20.0 Å². The lowest BCUT2D eigenvalue weighted by Crippen LogP contribution is -2.10. The molecule has 3 aromatic rings. The minimum atomic E-state index is -0.415. The largest absolute Gasteiger partial charge is 0.464 e. The van der Waals surface area contributed by atoms with Crippen LogP contribution in [0.5, 0.6) is 0 Å². The van der Waals surface area contributed by atoms with E-state index in [4.69, 9.17) is 4.74 Å². The summed E-state index contributed by atoms with van der Waals surface area (Å²) in [5, 5.41) is 5.24. The maximum absolute atomic E-state index is 12.3. The fourth-order valence-corrected chi connectivity index (χ4v) is 3.10. The van der Waals surface area contributed by atoms with E-state index in [1.54, 1.807) is 4.68 Å². The molecule has 0 aliphatic heterocycles. The first-order valence-corrected chi connectivity index (χ1v) is 8.19. The summed E-state index contributed by atoms with van der Waals surface area (Å²) in [6.07, 6.45) is 4.22. The SMILES string of the molecule is COC(=O)c1c2cc(C3CC3)cnc2nn1-c1cccc(Br)c1. The van der Waals surface area contributed by atoms with Gasteiger partial charge < -0.3 is 4.74 Å². The molecule has 2 heterocycles. The van der Waals surface area contributed by atoms with Crippen molar-refractivity contribution in [2.45, 2.75) is 18.8 Å². The summed E-state index contributed by atoms with van der Waals surface area (Å²) in [5.74, 6) is 0.147. The van der Waals surface area contributed by atoms with Crippen LogP contribution in [0.4, 0.5) is 0 Å². The molecule has 23 heavy (non-hydrogen) atoms. The first-order chi connectivity index (χ1) is 11.2. The molecule has 116 valence electrons. The van der Waals surface area contributed by atoms with Crippen molar-refractivity contribution in [1.29, 1.82) is 0 Å². The van der Waals surface area contributed by atoms with Crippen molar-refractivity contribution in [3.63, 3.8) is 0 Å². The lowest BCUT2D eigenvalue weighted by molar-refractivity contribution is 0.0592. The van der Waals surface area contributed by atoms with Crippen LogP contribution in [0.2, 0.25) is 0 Å². The summed E-state index contributed by atoms with van der Waals surface area (Å²) in [4.78, 5) is 16.8. The van der Waals surface area contributed by atoms with Gasteiger partial charge in [-0.3, -0.25) is 0 Å². The van der Waals surface area contributed by atoms with Crippen molar-refractivity contribution in [2.24, 2.45) is 0 Å². The highest BCUT2D eigenvalue weighted by atomic mass is 79.9. The number of esters is 1. The summed E-state index contributed by atoms with van der Waals surface area (Å²) in [6.45, 7) is 0. The maximum Gasteiger partial charge on any atom is 0.357 e. The molecule has 0 saturated heterocycles. The average Bonchev–Trinajstić information content (AvgIpc) is 3.34. The van der Waals surface area contributed by atoms with E-state index < -0.39 is 5.97 Å². The van der Waals surface area contributed by atoms with Gasteiger partial charge >= 0.3 is 5.97 Å². The van der Waals surface area contributed by atoms with Gasteiger partial charge in [-0.25, -0.2) is 14.5 Å². The lowest BCUT2D eigenvalue weighted by Gasteiger charge is -2.06. The van der Waals surface area contributed by atoms with Crippen molar-refractivity contribution in [2.75, 3.05) is 7.11 Å². The Morgan fingerprint density at radius 3 is 2.87 bits per heavy atom. The standard InChI is InChI=1S/C17H14BrN3O2/c1-23-17(22)15-14-7-11(10-5-6-10)9-19-16(14)20-21(15)13-4-2-3-12(18)8-13/h2-4,7-10H,5-6H2,1H3. The fourth-order valence-electron chi connectivity index (χ4n) is 2.71. The number of rotatable bonds is 3. The second-order valence-electron chi connectivity index (χ2n) is 5.65. The van der Waals surface area contributed by atoms with Crippen LogP contribution in [0.25, 0.3) is 16.7 Å². The van der Waals surface area contributed by atoms with Crippen molar-refractivity contribution in [1.82, 2.24) is 14.8 Å². The van der Waals surface area contributed by atoms with Crippen molar-refractivity contribution in [3.05, 3.63) is 52.3 Å². The Kier molecular flexibility index (Phi) is 3.41. The Bertz CT molecular complexity index is 915. The normalized spacial score (nSPS) is 14.2. The van der Waals surface area contributed by atoms with Crippen LogP contribution in [0.1, 0.15) is 34.8 Å². The fraction of sp³-hybridized carbons (Fsp3) is 0.235. The van der Waals surface area contributed by atoms with Crippen LogP contribution in [0.3, 0.4) is 0 Å². The number of nitrogens with zero attached hydrogens (tertiary/aromatic N) is 3. The van der Waals surface area contributed by atoms with E-state index in [0.29, 0.717) is 17.3 Å². The summed E-state index contributed by atoms with van der Waals surface area (Å²) in [7, 11) is 1.38. The smallest absolute Gasteiger partial charge is 0.357 e. The van der Waals surface area contributed by atoms with Crippen LogP contribution in [0.15, 0.2) is 41.0 Å². The average molecular weight is 372 g/mol. The minimum Gasteiger partial charge on any atom is -0.464 e. The van der Waals surface area contributed by atoms with Crippen LogP contribution < -0.4 is 0 Å². The first kappa shape index (κ1) is 14.4. The summed E-state index contributed by atoms with van der Waals surface area (Å²) in [5.41, 5.74) is 2.91. The molecule has 1 aliphatic carbocycles. The molecule has 0 atom stereocenters. The number of halogens is 1. The van der Waals surface area contributed by atoms with E-state index in [2.05, 4.69) is 26.0 Å². The highest BCUT2D eigenvalue weighted by Crippen LogP contribution is 2.40. The predicted octanol–water partition coefficient (Wildman–Crippen LogP) is 3.85. The Hall–Kier alpha value is -2.21. The highest BCUT2D eigenvalue weighted by molar-refractivity contribution is 9.10. The van der Waals surface area contributed by atoms with Gasteiger partial charge in [0.15, 0.2) is 11.3 Å². The number of carbonyl (C=O) groups is 1. The Balaban J connectivity index is 1.97. The van der Waals surface area contributed by atoms with Crippen LogP contribution >= 0.6 is 15.9 Å². The van der Waals surface area contributed by atoms with Gasteiger partial charge in [0.25, 0.3) is 0 Å². The second kappa shape index (κ2) is 5.45. The molecule has 0 amide bonds. The monoisotopic (exact) mass is 371 g/mol. The number of ether oxygens (including phenoxy) is 1. The zero-order chi connectivity index (χ0) is 16.0. The highest BCUT2D eigenvalue weighted by Gasteiger charge is 2.27. The quantitative estimate of drug-likeness (QED) is 0.656. The third-order valence-corrected chi connectivity index (χ3v) is 4.52. The number of hydrogen-bond donors (Lipinski definition) is 0. The molecule has 5 nitrogen and oxygen atoms in total. The van der Waals surface area contributed by atoms with E-state index in [9.17, 15) is 4.79 Å². The lowest BCUT2D eigenvalue weighted by atomic mass is 10.1. The third kappa shape index (κ3) is 2.53. The van der Waals surface area contributed by atoms with E-state index >= 15 is 0 Å². The molecule has 0 bridgehead atoms. The molecule has 0 N–H and O–H groups in total. The van der Waals surface area contributed by atoms with Gasteiger partial charge in [0, 0.05) is 10.7 Å². The summed E-state index contributed by atoms with van der Waals surface area (Å²) < 4.78 is 7.49. The Morgan fingerprint density at radius 2 is 2.17 bits per heavy atom. The topological polar surface area (TPSA) is 57.0 Å². The van der Waals surface area contributed by atoms with Gasteiger partial charge in [0.05, 0.1) is 18.2 Å². The van der Waals surface area contributed by atoms with Crippen LogP contribution in [0, 0.1) is 0 Å². The number of aromatic nitrogens is 3. The molecular weight excluding hydrogens is 358 g/mol. The molecule has 2 aromatic heterocycles. The summed E-state index contributed by atoms with van der Waals surface area (Å²) >= 11 is 3.45. The van der Waals surface area contributed by atoms with E-state index in [0.717, 1.165) is 21.1 Å². The number of hydrogen-bond acceptors (Lipinski definition) is 4. The molecule has 1 saturated carbocycles. The number of carbonyl (C=O) groups excluding carboxylic acids is 1. The zero-order valence-corrected chi connectivity index (χ0v) is 14.1. The van der Waals surface area contributed by atoms with Gasteiger partial charge in [-0.1, -0.05) is 22.0 Å². The number of pyridine rings is 1. The van der Waals surface area contributed by atoms with Gasteiger partial charge in [0.2, 0.25) is 0 Å². The molecule has 0 radical (unpaired) electrons. The van der Waals surface area contributed by atoms with Crippen molar-refractivity contribution < 1.29 is 9.53 Å². The predicted molar refractivity (Wildman–Crippen MR) is 89.9 cm³/mol. The van der Waals surface area contributed by atoms with E-state index in [1.807, 2.05) is 36.5 Å². The summed E-state index contributed by atoms with van der Waals surface area (Å²) in [6, 6.07) is 9.64. The molecular formula is C17H14BrN3O2.